The van der Waals surface area contributed by atoms with Gasteiger partial charge in [-0.1, -0.05) is 23.8 Å². The Balaban J connectivity index is 2.52. The van der Waals surface area contributed by atoms with Crippen LogP contribution in [0, 0.1) is 0 Å². The first-order valence-electron chi connectivity index (χ1n) is 2.79. The summed E-state index contributed by atoms with van der Waals surface area (Å²) < 4.78 is 0. The molecule has 0 fully saturated rings. The second kappa shape index (κ2) is 2.98. The van der Waals surface area contributed by atoms with Crippen molar-refractivity contribution in [1.82, 2.24) is 0 Å². The van der Waals surface area contributed by atoms with E-state index in [0.29, 0.717) is 0 Å². The molecule has 1 aliphatic heterocycles. The minimum Gasteiger partial charge on any atom is -0.153 e. The zero-order chi connectivity index (χ0) is 5.82. The van der Waals surface area contributed by atoms with Crippen molar-refractivity contribution in [2.24, 2.45) is 0 Å². The van der Waals surface area contributed by atoms with Crippen LogP contribution in [0.1, 0.15) is 6.92 Å². The molecule has 0 spiro atoms. The Morgan fingerprint density at radius 1 is 1.62 bits per heavy atom. The van der Waals surface area contributed by atoms with Crippen molar-refractivity contribution >= 4 is 11.8 Å². The first kappa shape index (κ1) is 5.96. The van der Waals surface area contributed by atoms with Gasteiger partial charge in [-0.3, -0.25) is 0 Å². The maximum atomic E-state index is 2.20. The summed E-state index contributed by atoms with van der Waals surface area (Å²) in [6, 6.07) is 0. The summed E-state index contributed by atoms with van der Waals surface area (Å²) in [4.78, 5) is 0. The van der Waals surface area contributed by atoms with Gasteiger partial charge in [0.15, 0.2) is 0 Å². The van der Waals surface area contributed by atoms with Crippen LogP contribution in [-0.4, -0.2) is 11.5 Å². The van der Waals surface area contributed by atoms with Gasteiger partial charge in [-0.25, -0.2) is 0 Å². The van der Waals surface area contributed by atoms with Gasteiger partial charge >= 0.3 is 0 Å². The Hall–Kier alpha value is -0.170. The van der Waals surface area contributed by atoms with Crippen LogP contribution in [0.25, 0.3) is 0 Å². The minimum absolute atomic E-state index is 1.17. The first-order valence-corrected chi connectivity index (χ1v) is 3.95. The fourth-order valence-electron chi connectivity index (χ4n) is 0.624. The molecule has 1 heteroatoms. The molecule has 0 saturated carbocycles. The molecule has 0 bridgehead atoms. The molecule has 1 rings (SSSR count). The van der Waals surface area contributed by atoms with Gasteiger partial charge in [0.2, 0.25) is 0 Å². The van der Waals surface area contributed by atoms with Crippen molar-refractivity contribution in [1.29, 1.82) is 0 Å². The summed E-state index contributed by atoms with van der Waals surface area (Å²) in [7, 11) is 0. The average molecular weight is 126 g/mol. The molecule has 0 radical (unpaired) electrons. The van der Waals surface area contributed by atoms with Gasteiger partial charge in [-0.15, -0.1) is 0 Å². The Morgan fingerprint density at radius 2 is 2.50 bits per heavy atom. The van der Waals surface area contributed by atoms with Crippen molar-refractivity contribution in [3.8, 4) is 0 Å². The second-order valence-electron chi connectivity index (χ2n) is 1.96. The van der Waals surface area contributed by atoms with Crippen molar-refractivity contribution in [3.63, 3.8) is 0 Å². The summed E-state index contributed by atoms with van der Waals surface area (Å²) in [5.74, 6) is 2.38. The quantitative estimate of drug-likeness (QED) is 0.479. The fourth-order valence-corrected chi connectivity index (χ4v) is 1.41. The molecule has 0 aliphatic carbocycles. The number of hydrogen-bond acceptors (Lipinski definition) is 1. The summed E-state index contributed by atoms with van der Waals surface area (Å²) in [5.41, 5.74) is 1.48. The van der Waals surface area contributed by atoms with E-state index in [1.807, 2.05) is 11.8 Å². The molecule has 0 unspecified atom stereocenters. The lowest BCUT2D eigenvalue weighted by Crippen LogP contribution is -1.77. The lowest BCUT2D eigenvalue weighted by molar-refractivity contribution is 1.42. The van der Waals surface area contributed by atoms with Crippen LogP contribution < -0.4 is 0 Å². The van der Waals surface area contributed by atoms with Crippen LogP contribution in [0.2, 0.25) is 0 Å². The second-order valence-corrected chi connectivity index (χ2v) is 2.99. The molecule has 0 aromatic carbocycles. The lowest BCUT2D eigenvalue weighted by atomic mass is 10.3. The largest absolute Gasteiger partial charge is 0.153 e. The molecular weight excluding hydrogens is 116 g/mol. The molecule has 0 nitrogen and oxygen atoms in total. The molecule has 1 aliphatic rings. The summed E-state index contributed by atoms with van der Waals surface area (Å²) in [6.07, 6.45) is 6.51. The van der Waals surface area contributed by atoms with Gasteiger partial charge < -0.3 is 0 Å². The van der Waals surface area contributed by atoms with E-state index in [9.17, 15) is 0 Å². The summed E-state index contributed by atoms with van der Waals surface area (Å²) in [6.45, 7) is 2.17. The maximum Gasteiger partial charge on any atom is 0.0146 e. The van der Waals surface area contributed by atoms with E-state index in [-0.39, 0.29) is 0 Å². The molecule has 0 saturated heterocycles. The minimum atomic E-state index is 1.17. The van der Waals surface area contributed by atoms with Crippen molar-refractivity contribution in [2.45, 2.75) is 6.92 Å². The number of thioether (sulfide) groups is 1. The predicted octanol–water partition coefficient (Wildman–Crippen LogP) is 2.24. The smallest absolute Gasteiger partial charge is 0.0146 e. The number of allylic oxidation sites excluding steroid dienone is 2. The molecule has 0 atom stereocenters. The van der Waals surface area contributed by atoms with Crippen LogP contribution in [0.4, 0.5) is 0 Å². The van der Waals surface area contributed by atoms with Crippen LogP contribution in [0.15, 0.2) is 23.8 Å². The highest BCUT2D eigenvalue weighted by Crippen LogP contribution is 2.10. The van der Waals surface area contributed by atoms with E-state index < -0.39 is 0 Å². The van der Waals surface area contributed by atoms with E-state index in [1.54, 1.807) is 0 Å². The van der Waals surface area contributed by atoms with Crippen LogP contribution >= 0.6 is 11.8 Å². The average Bonchev–Trinajstić information content (AvgIpc) is 1.94. The van der Waals surface area contributed by atoms with Crippen molar-refractivity contribution in [2.75, 3.05) is 11.5 Å². The van der Waals surface area contributed by atoms with Crippen LogP contribution in [0.3, 0.4) is 0 Å². The number of rotatable bonds is 0. The Morgan fingerprint density at radius 3 is 3.38 bits per heavy atom. The third-order valence-corrected chi connectivity index (χ3v) is 2.15. The Bertz CT molecular complexity index is 122. The zero-order valence-electron chi connectivity index (χ0n) is 5.05. The van der Waals surface area contributed by atoms with Gasteiger partial charge in [-0.2, -0.15) is 11.8 Å². The first-order chi connectivity index (χ1) is 3.89. The van der Waals surface area contributed by atoms with Crippen LogP contribution in [-0.2, 0) is 0 Å². The molecule has 1 heterocycles. The molecule has 0 aromatic rings. The van der Waals surface area contributed by atoms with E-state index >= 15 is 0 Å². The molecule has 0 amide bonds. The molecule has 0 N–H and O–H groups in total. The molecule has 0 aromatic heterocycles. The van der Waals surface area contributed by atoms with Crippen LogP contribution in [0.5, 0.6) is 0 Å². The highest BCUT2D eigenvalue weighted by molar-refractivity contribution is 7.99. The highest BCUT2D eigenvalue weighted by Gasteiger charge is 1.90. The van der Waals surface area contributed by atoms with E-state index in [2.05, 4.69) is 25.2 Å². The molecular formula is C7H10S. The van der Waals surface area contributed by atoms with Gasteiger partial charge in [-0.05, 0) is 6.92 Å². The van der Waals surface area contributed by atoms with Gasteiger partial charge in [0.25, 0.3) is 0 Å². The zero-order valence-corrected chi connectivity index (χ0v) is 5.87. The monoisotopic (exact) mass is 126 g/mol. The van der Waals surface area contributed by atoms with E-state index in [0.717, 1.165) is 0 Å². The normalized spacial score (nSPS) is 19.9. The lowest BCUT2D eigenvalue weighted by Gasteiger charge is -1.91. The maximum absolute atomic E-state index is 2.20. The van der Waals surface area contributed by atoms with Gasteiger partial charge in [0.1, 0.15) is 0 Å². The predicted molar refractivity (Wildman–Crippen MR) is 40.2 cm³/mol. The third kappa shape index (κ3) is 1.74. The molecule has 44 valence electrons. The van der Waals surface area contributed by atoms with Gasteiger partial charge in [0, 0.05) is 11.5 Å². The van der Waals surface area contributed by atoms with Crippen molar-refractivity contribution < 1.29 is 0 Å². The van der Waals surface area contributed by atoms with Crippen molar-refractivity contribution in [3.05, 3.63) is 23.8 Å². The molecule has 8 heavy (non-hydrogen) atoms. The fraction of sp³-hybridized carbons (Fsp3) is 0.429. The highest BCUT2D eigenvalue weighted by atomic mass is 32.2. The Labute approximate surface area is 54.7 Å². The number of hydrogen-bond donors (Lipinski definition) is 0. The Kier molecular flexibility index (Phi) is 2.22. The van der Waals surface area contributed by atoms with E-state index in [1.165, 1.54) is 17.1 Å². The topological polar surface area (TPSA) is 0 Å². The SMILES string of the molecule is CC1=CC=CCSC1. The van der Waals surface area contributed by atoms with Gasteiger partial charge in [0.05, 0.1) is 0 Å². The third-order valence-electron chi connectivity index (χ3n) is 1.06. The summed E-state index contributed by atoms with van der Waals surface area (Å²) in [5, 5.41) is 0. The standard InChI is InChI=1S/C7H10S/c1-7-4-2-3-5-8-6-7/h2-4H,5-6H2,1H3. The van der Waals surface area contributed by atoms with E-state index in [4.69, 9.17) is 0 Å². The summed E-state index contributed by atoms with van der Waals surface area (Å²) >= 11 is 1.97.